The molecule has 0 aliphatic rings. The minimum absolute atomic E-state index is 0.222. The van der Waals surface area contributed by atoms with E-state index in [2.05, 4.69) is 20.6 Å². The Hall–Kier alpha value is -1.89. The van der Waals surface area contributed by atoms with Gasteiger partial charge in [0.2, 0.25) is 0 Å². The summed E-state index contributed by atoms with van der Waals surface area (Å²) in [5.41, 5.74) is 0. The van der Waals surface area contributed by atoms with E-state index in [0.29, 0.717) is 44.4 Å². The first-order chi connectivity index (χ1) is 10.2. The first-order valence-corrected chi connectivity index (χ1v) is 7.28. The van der Waals surface area contributed by atoms with Gasteiger partial charge in [-0.3, -0.25) is 4.79 Å². The summed E-state index contributed by atoms with van der Waals surface area (Å²) >= 11 is 0. The molecule has 1 aromatic rings. The average molecular weight is 296 g/mol. The van der Waals surface area contributed by atoms with Crippen LogP contribution in [-0.2, 0) is 20.9 Å². The molecule has 7 nitrogen and oxygen atoms in total. The normalized spacial score (nSPS) is 10.2. The van der Waals surface area contributed by atoms with Gasteiger partial charge in [-0.2, -0.15) is 0 Å². The zero-order valence-corrected chi connectivity index (χ0v) is 12.9. The van der Waals surface area contributed by atoms with Crippen molar-refractivity contribution in [3.05, 3.63) is 11.9 Å². The topological polar surface area (TPSA) is 85.4 Å². The summed E-state index contributed by atoms with van der Waals surface area (Å²) in [6.07, 6.45) is 0.301. The fourth-order valence-electron chi connectivity index (χ4n) is 1.64. The highest BCUT2D eigenvalue weighted by atomic mass is 16.5. The lowest BCUT2D eigenvalue weighted by molar-refractivity contribution is -0.142. The van der Waals surface area contributed by atoms with Gasteiger partial charge in [0.1, 0.15) is 18.2 Å². The van der Waals surface area contributed by atoms with E-state index in [0.717, 1.165) is 12.4 Å². The predicted molar refractivity (Wildman–Crippen MR) is 81.3 cm³/mol. The second kappa shape index (κ2) is 9.93. The van der Waals surface area contributed by atoms with Crippen molar-refractivity contribution in [1.29, 1.82) is 0 Å². The minimum Gasteiger partial charge on any atom is -0.466 e. The molecule has 0 spiro atoms. The van der Waals surface area contributed by atoms with Gasteiger partial charge in [-0.15, -0.1) is 0 Å². The summed E-state index contributed by atoms with van der Waals surface area (Å²) in [7, 11) is 0. The van der Waals surface area contributed by atoms with Crippen LogP contribution in [0.1, 0.15) is 33.0 Å². The van der Waals surface area contributed by atoms with Gasteiger partial charge < -0.3 is 20.1 Å². The van der Waals surface area contributed by atoms with Crippen molar-refractivity contribution >= 4 is 17.6 Å². The van der Waals surface area contributed by atoms with E-state index in [4.69, 9.17) is 9.47 Å². The number of carbonyl (C=O) groups excluding carboxylic acids is 1. The number of carbonyl (C=O) groups is 1. The van der Waals surface area contributed by atoms with Gasteiger partial charge in [0.05, 0.1) is 13.0 Å². The third-order valence-electron chi connectivity index (χ3n) is 2.51. The van der Waals surface area contributed by atoms with E-state index >= 15 is 0 Å². The molecule has 118 valence electrons. The van der Waals surface area contributed by atoms with Crippen LogP contribution in [0.5, 0.6) is 0 Å². The number of hydrogen-bond acceptors (Lipinski definition) is 7. The Morgan fingerprint density at radius 3 is 2.48 bits per heavy atom. The van der Waals surface area contributed by atoms with Crippen molar-refractivity contribution in [2.75, 3.05) is 36.9 Å². The van der Waals surface area contributed by atoms with Crippen molar-refractivity contribution in [1.82, 2.24) is 9.97 Å². The van der Waals surface area contributed by atoms with E-state index in [1.54, 1.807) is 6.92 Å². The fraction of sp³-hybridized carbons (Fsp3) is 0.643. The summed E-state index contributed by atoms with van der Waals surface area (Å²) in [4.78, 5) is 20.0. The second-order valence-corrected chi connectivity index (χ2v) is 4.20. The fourth-order valence-corrected chi connectivity index (χ4v) is 1.64. The van der Waals surface area contributed by atoms with Gasteiger partial charge in [-0.25, -0.2) is 9.97 Å². The molecule has 21 heavy (non-hydrogen) atoms. The maximum Gasteiger partial charge on any atom is 0.307 e. The maximum absolute atomic E-state index is 11.3. The number of anilines is 2. The molecular weight excluding hydrogens is 272 g/mol. The molecule has 1 heterocycles. The molecule has 0 atom stereocenters. The lowest BCUT2D eigenvalue weighted by Crippen LogP contribution is -2.13. The maximum atomic E-state index is 11.3. The largest absolute Gasteiger partial charge is 0.466 e. The van der Waals surface area contributed by atoms with E-state index in [9.17, 15) is 4.79 Å². The van der Waals surface area contributed by atoms with Gasteiger partial charge in [-0.05, 0) is 20.8 Å². The van der Waals surface area contributed by atoms with Gasteiger partial charge in [0, 0.05) is 25.8 Å². The molecule has 2 N–H and O–H groups in total. The van der Waals surface area contributed by atoms with Gasteiger partial charge in [0.15, 0.2) is 5.82 Å². The van der Waals surface area contributed by atoms with Gasteiger partial charge >= 0.3 is 5.97 Å². The number of nitrogens with zero attached hydrogens (tertiary/aromatic N) is 2. The molecule has 0 saturated heterocycles. The molecule has 0 fully saturated rings. The molecule has 1 aromatic heterocycles. The van der Waals surface area contributed by atoms with Crippen LogP contribution < -0.4 is 10.6 Å². The summed E-state index contributed by atoms with van der Waals surface area (Å²) < 4.78 is 10.2. The Labute approximate surface area is 125 Å². The summed E-state index contributed by atoms with van der Waals surface area (Å²) in [5, 5.41) is 6.25. The number of hydrogen-bond donors (Lipinski definition) is 2. The zero-order chi connectivity index (χ0) is 15.5. The monoisotopic (exact) mass is 296 g/mol. The molecule has 7 heteroatoms. The number of ether oxygens (including phenoxy) is 2. The van der Waals surface area contributed by atoms with E-state index in [-0.39, 0.29) is 5.97 Å². The van der Waals surface area contributed by atoms with Crippen molar-refractivity contribution in [2.24, 2.45) is 0 Å². The van der Waals surface area contributed by atoms with Crippen LogP contribution >= 0.6 is 0 Å². The van der Waals surface area contributed by atoms with Crippen molar-refractivity contribution < 1.29 is 14.3 Å². The van der Waals surface area contributed by atoms with Gasteiger partial charge in [-0.1, -0.05) is 0 Å². The molecule has 0 aromatic carbocycles. The second-order valence-electron chi connectivity index (χ2n) is 4.20. The van der Waals surface area contributed by atoms with Gasteiger partial charge in [0.25, 0.3) is 0 Å². The molecule has 0 saturated carbocycles. The number of nitrogens with one attached hydrogen (secondary N) is 2. The van der Waals surface area contributed by atoms with Crippen molar-refractivity contribution in [3.8, 4) is 0 Å². The molecule has 0 amide bonds. The quantitative estimate of drug-likeness (QED) is 0.637. The van der Waals surface area contributed by atoms with Crippen molar-refractivity contribution in [2.45, 2.75) is 33.8 Å². The Morgan fingerprint density at radius 1 is 1.14 bits per heavy atom. The molecule has 0 aliphatic heterocycles. The average Bonchev–Trinajstić information content (AvgIpc) is 2.45. The Bertz CT molecular complexity index is 440. The Balaban J connectivity index is 2.61. The highest BCUT2D eigenvalue weighted by molar-refractivity contribution is 5.70. The number of aromatic nitrogens is 2. The lowest BCUT2D eigenvalue weighted by Gasteiger charge is -2.10. The molecule has 0 aliphatic carbocycles. The third-order valence-corrected chi connectivity index (χ3v) is 2.51. The van der Waals surface area contributed by atoms with Crippen molar-refractivity contribution in [3.63, 3.8) is 0 Å². The van der Waals surface area contributed by atoms with Crippen LogP contribution in [0.15, 0.2) is 6.07 Å². The summed E-state index contributed by atoms with van der Waals surface area (Å²) in [6, 6.07) is 1.81. The van der Waals surface area contributed by atoms with E-state index in [1.807, 2.05) is 19.9 Å². The van der Waals surface area contributed by atoms with Crippen LogP contribution in [-0.4, -0.2) is 42.2 Å². The first-order valence-electron chi connectivity index (χ1n) is 7.28. The standard InChI is InChI=1S/C14H24N4O3/c1-4-15-11-9-12(16-8-7-14(19)21-6-3)18-13(17-11)10-20-5-2/h9H,4-8,10H2,1-3H3,(H2,15,16,17,18). The highest BCUT2D eigenvalue weighted by Crippen LogP contribution is 2.12. The van der Waals surface area contributed by atoms with Crippen LogP contribution in [0.25, 0.3) is 0 Å². The Kier molecular flexibility index (Phi) is 8.11. The van der Waals surface area contributed by atoms with Crippen LogP contribution in [0.3, 0.4) is 0 Å². The molecule has 0 radical (unpaired) electrons. The van der Waals surface area contributed by atoms with Crippen LogP contribution in [0.2, 0.25) is 0 Å². The van der Waals surface area contributed by atoms with E-state index < -0.39 is 0 Å². The number of rotatable bonds is 10. The molecule has 0 unspecified atom stereocenters. The summed E-state index contributed by atoms with van der Waals surface area (Å²) in [6.45, 7) is 8.32. The number of esters is 1. The SMILES string of the molecule is CCNc1cc(NCCC(=O)OCC)nc(COCC)n1. The first kappa shape index (κ1) is 17.2. The molecule has 0 bridgehead atoms. The smallest absolute Gasteiger partial charge is 0.307 e. The Morgan fingerprint density at radius 2 is 1.86 bits per heavy atom. The third kappa shape index (κ3) is 6.89. The van der Waals surface area contributed by atoms with E-state index in [1.165, 1.54) is 0 Å². The molecule has 1 rings (SSSR count). The van der Waals surface area contributed by atoms with Crippen LogP contribution in [0, 0.1) is 0 Å². The zero-order valence-electron chi connectivity index (χ0n) is 12.9. The summed E-state index contributed by atoms with van der Waals surface area (Å²) in [5.74, 6) is 1.79. The molecular formula is C14H24N4O3. The predicted octanol–water partition coefficient (Wildman–Crippen LogP) is 1.81. The highest BCUT2D eigenvalue weighted by Gasteiger charge is 2.06. The lowest BCUT2D eigenvalue weighted by atomic mass is 10.4. The van der Waals surface area contributed by atoms with Crippen LogP contribution in [0.4, 0.5) is 11.6 Å². The minimum atomic E-state index is -0.222.